The lowest BCUT2D eigenvalue weighted by atomic mass is 10.1. The van der Waals surface area contributed by atoms with Gasteiger partial charge in [-0.3, -0.25) is 4.79 Å². The normalized spacial score (nSPS) is 13.1. The molecule has 0 atom stereocenters. The maximum absolute atomic E-state index is 12.2. The van der Waals surface area contributed by atoms with Crippen LogP contribution in [-0.4, -0.2) is 5.91 Å². The van der Waals surface area contributed by atoms with E-state index in [0.717, 1.165) is 27.7 Å². The summed E-state index contributed by atoms with van der Waals surface area (Å²) in [4.78, 5) is 12.2. The van der Waals surface area contributed by atoms with Crippen LogP contribution in [0.5, 0.6) is 0 Å². The van der Waals surface area contributed by atoms with Crippen LogP contribution in [-0.2, 0) is 12.8 Å². The maximum atomic E-state index is 12.2. The van der Waals surface area contributed by atoms with Gasteiger partial charge in [0.05, 0.1) is 0 Å². The molecule has 2 aromatic rings. The van der Waals surface area contributed by atoms with E-state index < -0.39 is 0 Å². The van der Waals surface area contributed by atoms with E-state index in [0.29, 0.717) is 0 Å². The van der Waals surface area contributed by atoms with Crippen molar-refractivity contribution in [2.45, 2.75) is 19.3 Å². The highest BCUT2D eigenvalue weighted by Gasteiger charge is 2.13. The van der Waals surface area contributed by atoms with Gasteiger partial charge in [0.1, 0.15) is 0 Å². The Kier molecular flexibility index (Phi) is 3.55. The second-order valence-corrected chi connectivity index (χ2v) is 6.04. The number of benzene rings is 2. The number of fused-ring (bicyclic) bond motifs is 1. The summed E-state index contributed by atoms with van der Waals surface area (Å²) in [5, 5.41) is 2.93. The average Bonchev–Trinajstić information content (AvgIpc) is 2.88. The molecule has 1 aliphatic rings. The molecule has 0 spiro atoms. The third kappa shape index (κ3) is 2.81. The highest BCUT2D eigenvalue weighted by Crippen LogP contribution is 2.23. The molecule has 96 valence electrons. The Morgan fingerprint density at radius 3 is 2.53 bits per heavy atom. The predicted molar refractivity (Wildman–Crippen MR) is 85.6 cm³/mol. The third-order valence-corrected chi connectivity index (χ3v) is 4.18. The summed E-state index contributed by atoms with van der Waals surface area (Å²) < 4.78 is 1.16. The highest BCUT2D eigenvalue weighted by atomic mass is 127. The molecular weight excluding hydrogens is 349 g/mol. The van der Waals surface area contributed by atoms with E-state index in [1.165, 1.54) is 17.5 Å². The molecule has 0 aliphatic heterocycles. The lowest BCUT2D eigenvalue weighted by molar-refractivity contribution is 0.102. The predicted octanol–water partition coefficient (Wildman–Crippen LogP) is 4.03. The summed E-state index contributed by atoms with van der Waals surface area (Å²) in [5.74, 6) is -0.0316. The molecule has 0 fully saturated rings. The van der Waals surface area contributed by atoms with Crippen molar-refractivity contribution in [1.29, 1.82) is 0 Å². The number of carbonyl (C=O) groups is 1. The fourth-order valence-electron chi connectivity index (χ4n) is 2.45. The molecule has 0 aromatic heterocycles. The lowest BCUT2D eigenvalue weighted by Gasteiger charge is -2.07. The molecule has 0 unspecified atom stereocenters. The van der Waals surface area contributed by atoms with Crippen LogP contribution < -0.4 is 5.32 Å². The summed E-state index contributed by atoms with van der Waals surface area (Å²) in [6, 6.07) is 13.9. The largest absolute Gasteiger partial charge is 0.322 e. The minimum absolute atomic E-state index is 0.0316. The van der Waals surface area contributed by atoms with Gasteiger partial charge in [-0.25, -0.2) is 0 Å². The van der Waals surface area contributed by atoms with Crippen LogP contribution in [0.2, 0.25) is 0 Å². The van der Waals surface area contributed by atoms with E-state index in [-0.39, 0.29) is 5.91 Å². The molecule has 1 aliphatic carbocycles. The van der Waals surface area contributed by atoms with Crippen molar-refractivity contribution >= 4 is 34.2 Å². The minimum Gasteiger partial charge on any atom is -0.322 e. The first-order chi connectivity index (χ1) is 9.22. The van der Waals surface area contributed by atoms with Crippen LogP contribution in [0.4, 0.5) is 5.69 Å². The summed E-state index contributed by atoms with van der Waals surface area (Å²) in [6.45, 7) is 0. The van der Waals surface area contributed by atoms with Crippen molar-refractivity contribution in [3.05, 3.63) is 62.7 Å². The van der Waals surface area contributed by atoms with Gasteiger partial charge in [0.15, 0.2) is 0 Å². The number of rotatable bonds is 2. The standard InChI is InChI=1S/C16H14INO/c17-14-6-8-15(9-7-14)18-16(19)13-5-4-11-2-1-3-12(11)10-13/h4-10H,1-3H2,(H,18,19). The van der Waals surface area contributed by atoms with Crippen molar-refractivity contribution in [3.8, 4) is 0 Å². The number of carbonyl (C=O) groups excluding carboxylic acids is 1. The number of aryl methyl sites for hydroxylation is 2. The van der Waals surface area contributed by atoms with Crippen LogP contribution in [0.3, 0.4) is 0 Å². The number of halogens is 1. The van der Waals surface area contributed by atoms with E-state index in [2.05, 4.69) is 34.0 Å². The Morgan fingerprint density at radius 2 is 1.74 bits per heavy atom. The first-order valence-electron chi connectivity index (χ1n) is 6.41. The molecule has 19 heavy (non-hydrogen) atoms. The van der Waals surface area contributed by atoms with Crippen molar-refractivity contribution in [3.63, 3.8) is 0 Å². The zero-order valence-corrected chi connectivity index (χ0v) is 12.6. The number of hydrogen-bond donors (Lipinski definition) is 1. The number of hydrogen-bond acceptors (Lipinski definition) is 1. The van der Waals surface area contributed by atoms with E-state index in [9.17, 15) is 4.79 Å². The minimum atomic E-state index is -0.0316. The van der Waals surface area contributed by atoms with E-state index >= 15 is 0 Å². The summed E-state index contributed by atoms with van der Waals surface area (Å²) in [7, 11) is 0. The quantitative estimate of drug-likeness (QED) is 0.802. The molecule has 2 nitrogen and oxygen atoms in total. The second-order valence-electron chi connectivity index (χ2n) is 4.80. The van der Waals surface area contributed by atoms with Crippen LogP contribution in [0.25, 0.3) is 0 Å². The SMILES string of the molecule is O=C(Nc1ccc(I)cc1)c1ccc2c(c1)CCC2. The topological polar surface area (TPSA) is 29.1 Å². The zero-order valence-electron chi connectivity index (χ0n) is 10.4. The number of amides is 1. The Morgan fingerprint density at radius 1 is 1.00 bits per heavy atom. The van der Waals surface area contributed by atoms with Gasteiger partial charge >= 0.3 is 0 Å². The number of anilines is 1. The van der Waals surface area contributed by atoms with Gasteiger partial charge in [-0.1, -0.05) is 6.07 Å². The third-order valence-electron chi connectivity index (χ3n) is 3.46. The van der Waals surface area contributed by atoms with Gasteiger partial charge in [-0.2, -0.15) is 0 Å². The van der Waals surface area contributed by atoms with Crippen molar-refractivity contribution < 1.29 is 4.79 Å². The van der Waals surface area contributed by atoms with Gasteiger partial charge in [0.2, 0.25) is 0 Å². The smallest absolute Gasteiger partial charge is 0.255 e. The van der Waals surface area contributed by atoms with Crippen LogP contribution in [0.15, 0.2) is 42.5 Å². The summed E-state index contributed by atoms with van der Waals surface area (Å²) in [5.41, 5.74) is 4.31. The van der Waals surface area contributed by atoms with E-state index in [1.54, 1.807) is 0 Å². The Labute approximate surface area is 126 Å². The summed E-state index contributed by atoms with van der Waals surface area (Å²) in [6.07, 6.45) is 3.45. The fraction of sp³-hybridized carbons (Fsp3) is 0.188. The first kappa shape index (κ1) is 12.7. The molecule has 2 aromatic carbocycles. The average molecular weight is 363 g/mol. The molecule has 3 heteroatoms. The molecular formula is C16H14INO. The van der Waals surface area contributed by atoms with Crippen LogP contribution in [0.1, 0.15) is 27.9 Å². The van der Waals surface area contributed by atoms with Gasteiger partial charge in [0.25, 0.3) is 5.91 Å². The fourth-order valence-corrected chi connectivity index (χ4v) is 2.81. The van der Waals surface area contributed by atoms with Crippen LogP contribution in [0, 0.1) is 3.57 Å². The lowest BCUT2D eigenvalue weighted by Crippen LogP contribution is -2.12. The molecule has 1 amide bonds. The first-order valence-corrected chi connectivity index (χ1v) is 7.49. The molecule has 0 bridgehead atoms. The van der Waals surface area contributed by atoms with E-state index in [4.69, 9.17) is 0 Å². The molecule has 0 saturated carbocycles. The monoisotopic (exact) mass is 363 g/mol. The second kappa shape index (κ2) is 5.33. The van der Waals surface area contributed by atoms with E-state index in [1.807, 2.05) is 36.4 Å². The van der Waals surface area contributed by atoms with Crippen molar-refractivity contribution in [2.75, 3.05) is 5.32 Å². The maximum Gasteiger partial charge on any atom is 0.255 e. The van der Waals surface area contributed by atoms with Crippen molar-refractivity contribution in [1.82, 2.24) is 0 Å². The molecule has 0 saturated heterocycles. The Bertz CT molecular complexity index is 619. The molecule has 3 rings (SSSR count). The number of nitrogens with one attached hydrogen (secondary N) is 1. The zero-order chi connectivity index (χ0) is 13.2. The van der Waals surface area contributed by atoms with Gasteiger partial charge in [-0.15, -0.1) is 0 Å². The Hall–Kier alpha value is -1.36. The van der Waals surface area contributed by atoms with Gasteiger partial charge < -0.3 is 5.32 Å². The van der Waals surface area contributed by atoms with Crippen LogP contribution >= 0.6 is 22.6 Å². The van der Waals surface area contributed by atoms with Gasteiger partial charge in [0, 0.05) is 14.8 Å². The highest BCUT2D eigenvalue weighted by molar-refractivity contribution is 14.1. The van der Waals surface area contributed by atoms with Gasteiger partial charge in [-0.05, 0) is 89.4 Å². The molecule has 1 N–H and O–H groups in total. The van der Waals surface area contributed by atoms with Crippen molar-refractivity contribution in [2.24, 2.45) is 0 Å². The molecule has 0 radical (unpaired) electrons. The molecule has 0 heterocycles. The summed E-state index contributed by atoms with van der Waals surface area (Å²) >= 11 is 2.25. The Balaban J connectivity index is 1.78.